The SMILES string of the molecule is CNC(=O)c1c(-c2ccc(C(F)F)cc2)oc2cc(N(C)S(C)(=O)=O)c(-c3ccc4c(n3)-c3cc5c(F)cccc5n3CC4)cc12.CNC(=O)c1c(-c2ccc(F)cc2F)oc2cc(N(C)S(C)(=O)=O)c(-c3ccc4c(n3)-c3cc5c(F)cccc5n3CC4)cc12. The second kappa shape index (κ2) is 22.4. The zero-order valence-electron chi connectivity index (χ0n) is 49.2. The molecule has 2 amide bonds. The number of hydrogen-bond donors (Lipinski definition) is 2. The number of nitrogens with zero attached hydrogens (tertiary/aromatic N) is 6. The van der Waals surface area contributed by atoms with Gasteiger partial charge in [0.05, 0.1) is 85.8 Å². The maximum absolute atomic E-state index is 14.9. The van der Waals surface area contributed by atoms with Gasteiger partial charge in [0, 0.05) is 103 Å². The largest absolute Gasteiger partial charge is 0.455 e. The number of amides is 2. The van der Waals surface area contributed by atoms with Gasteiger partial charge >= 0.3 is 0 Å². The highest BCUT2D eigenvalue weighted by molar-refractivity contribution is 7.92. The van der Waals surface area contributed by atoms with Crippen molar-refractivity contribution in [2.45, 2.75) is 32.4 Å². The van der Waals surface area contributed by atoms with Crippen LogP contribution >= 0.6 is 0 Å². The van der Waals surface area contributed by atoms with Gasteiger partial charge in [-0.1, -0.05) is 48.5 Å². The molecular formula is C67H52F6N8O8S2. The number of rotatable bonds is 11. The van der Waals surface area contributed by atoms with Crippen molar-refractivity contribution in [2.75, 3.05) is 49.3 Å². The number of halogens is 6. The summed E-state index contributed by atoms with van der Waals surface area (Å²) in [6, 6.07) is 35.3. The van der Waals surface area contributed by atoms with E-state index >= 15 is 0 Å². The van der Waals surface area contributed by atoms with Gasteiger partial charge in [-0.25, -0.2) is 53.1 Å². The average Bonchev–Trinajstić information content (AvgIpc) is 1.69. The molecule has 2 aliphatic rings. The Balaban J connectivity index is 0.000000167. The minimum absolute atomic E-state index is 0.0126. The molecule has 14 rings (SSSR count). The van der Waals surface area contributed by atoms with Crippen LogP contribution in [-0.2, 0) is 46.0 Å². The molecule has 12 aromatic rings. The van der Waals surface area contributed by atoms with E-state index in [2.05, 4.69) is 10.6 Å². The minimum atomic E-state index is -3.79. The molecule has 462 valence electrons. The molecule has 2 N–H and O–H groups in total. The van der Waals surface area contributed by atoms with E-state index in [0.29, 0.717) is 87.6 Å². The predicted octanol–water partition coefficient (Wildman–Crippen LogP) is 13.7. The first-order chi connectivity index (χ1) is 43.4. The minimum Gasteiger partial charge on any atom is -0.455 e. The third-order valence-electron chi connectivity index (χ3n) is 16.8. The molecule has 0 bridgehead atoms. The van der Waals surface area contributed by atoms with Crippen molar-refractivity contribution in [2.24, 2.45) is 0 Å². The van der Waals surface area contributed by atoms with Gasteiger partial charge in [-0.2, -0.15) is 0 Å². The molecule has 0 fully saturated rings. The van der Waals surface area contributed by atoms with Gasteiger partial charge in [0.25, 0.3) is 18.2 Å². The number of nitrogens with one attached hydrogen (secondary N) is 2. The quantitative estimate of drug-likeness (QED) is 0.118. The fourth-order valence-electron chi connectivity index (χ4n) is 12.1. The van der Waals surface area contributed by atoms with E-state index in [1.165, 1.54) is 82.8 Å². The fraction of sp³-hybridized carbons (Fsp3) is 0.164. The molecule has 0 spiro atoms. The highest BCUT2D eigenvalue weighted by Crippen LogP contribution is 2.46. The maximum atomic E-state index is 14.9. The standard InChI is InChI=1S/C34H27F3N4O4S.C33H25F3N4O4S/c1-38-34(42)30-23-15-22(25-12-11-18-13-14-41-26-6-4-5-24(35)21(26)16-28(41)31(18)39-25)27(40(2)46(3,43)44)17-29(23)45-32(30)19-7-9-20(10-8-19)33(36)37;1-37-33(41)30-22-14-21(25-10-7-17-11-12-40-26-6-4-5-23(35)20(26)15-28(40)31(17)38-25)27(39(2)45(3,42)43)16-29(22)44-32(30)19-9-8-18(34)13-24(19)36/h4-12,15-17,33H,13-14H2,1-3H3,(H,38,42);4-10,13-16H,11-12H2,1-3H3,(H,37,41). The number of furan rings is 2. The second-order valence-corrected chi connectivity index (χ2v) is 26.2. The van der Waals surface area contributed by atoms with Crippen molar-refractivity contribution in [1.29, 1.82) is 0 Å². The number of sulfonamides is 2. The molecule has 8 heterocycles. The summed E-state index contributed by atoms with van der Waals surface area (Å²) < 4.78 is 154. The van der Waals surface area contributed by atoms with Crippen LogP contribution in [0.3, 0.4) is 0 Å². The summed E-state index contributed by atoms with van der Waals surface area (Å²) in [5.41, 5.74) is 8.71. The van der Waals surface area contributed by atoms with Gasteiger partial charge < -0.3 is 28.6 Å². The van der Waals surface area contributed by atoms with Crippen LogP contribution in [0, 0.1) is 23.3 Å². The smallest absolute Gasteiger partial charge is 0.263 e. The average molecular weight is 1280 g/mol. The second-order valence-electron chi connectivity index (χ2n) is 22.1. The Labute approximate surface area is 516 Å². The Morgan fingerprint density at radius 1 is 0.538 bits per heavy atom. The van der Waals surface area contributed by atoms with E-state index in [0.717, 1.165) is 60.7 Å². The number of carbonyl (C=O) groups excluding carboxylic acids is 2. The van der Waals surface area contributed by atoms with Crippen molar-refractivity contribution in [3.63, 3.8) is 0 Å². The molecule has 2 aliphatic heterocycles. The lowest BCUT2D eigenvalue weighted by atomic mass is 9.98. The van der Waals surface area contributed by atoms with Crippen LogP contribution in [0.15, 0.2) is 148 Å². The van der Waals surface area contributed by atoms with E-state index in [4.69, 9.17) is 18.8 Å². The van der Waals surface area contributed by atoms with Gasteiger partial charge in [0.2, 0.25) is 20.0 Å². The summed E-state index contributed by atoms with van der Waals surface area (Å²) >= 11 is 0. The molecule has 91 heavy (non-hydrogen) atoms. The molecular weight excluding hydrogens is 1220 g/mol. The Morgan fingerprint density at radius 3 is 1.44 bits per heavy atom. The molecule has 0 saturated heterocycles. The molecule has 0 unspecified atom stereocenters. The van der Waals surface area contributed by atoms with Crippen molar-refractivity contribution in [3.05, 3.63) is 191 Å². The normalized spacial score (nSPS) is 12.8. The van der Waals surface area contributed by atoms with Crippen LogP contribution in [0.4, 0.5) is 37.7 Å². The van der Waals surface area contributed by atoms with Crippen LogP contribution in [0.2, 0.25) is 0 Å². The van der Waals surface area contributed by atoms with Gasteiger partial charge in [0.15, 0.2) is 5.76 Å². The number of aromatic nitrogens is 4. The third kappa shape index (κ3) is 10.3. The van der Waals surface area contributed by atoms with Gasteiger partial charge in [-0.15, -0.1) is 0 Å². The number of hydrogen-bond acceptors (Lipinski definition) is 10. The van der Waals surface area contributed by atoms with Crippen LogP contribution in [0.1, 0.15) is 43.8 Å². The Hall–Kier alpha value is -10.2. The number of pyridine rings is 2. The summed E-state index contributed by atoms with van der Waals surface area (Å²) in [4.78, 5) is 36.5. The van der Waals surface area contributed by atoms with Crippen LogP contribution in [-0.4, -0.2) is 88.5 Å². The van der Waals surface area contributed by atoms with Gasteiger partial charge in [-0.05, 0) is 96.8 Å². The van der Waals surface area contributed by atoms with Crippen molar-refractivity contribution in [3.8, 4) is 67.9 Å². The number of aryl methyl sites for hydroxylation is 4. The van der Waals surface area contributed by atoms with E-state index in [-0.39, 0.29) is 73.3 Å². The molecule has 24 heteroatoms. The van der Waals surface area contributed by atoms with Crippen molar-refractivity contribution < 1.29 is 61.6 Å². The first-order valence-electron chi connectivity index (χ1n) is 28.4. The summed E-state index contributed by atoms with van der Waals surface area (Å²) in [5.74, 6) is -3.48. The first kappa shape index (κ1) is 59.7. The number of alkyl halides is 2. The summed E-state index contributed by atoms with van der Waals surface area (Å²) in [5, 5.41) is 6.76. The summed E-state index contributed by atoms with van der Waals surface area (Å²) in [7, 11) is -1.90. The number of anilines is 2. The van der Waals surface area contributed by atoms with E-state index in [1.807, 2.05) is 33.4 Å². The lowest BCUT2D eigenvalue weighted by Crippen LogP contribution is -2.25. The third-order valence-corrected chi connectivity index (χ3v) is 19.2. The fourth-order valence-corrected chi connectivity index (χ4v) is 13.1. The number of benzene rings is 6. The van der Waals surface area contributed by atoms with Crippen LogP contribution < -0.4 is 19.2 Å². The number of carbonyl (C=O) groups is 2. The lowest BCUT2D eigenvalue weighted by Gasteiger charge is -2.23. The molecule has 0 aliphatic carbocycles. The van der Waals surface area contributed by atoms with E-state index < -0.39 is 49.9 Å². The lowest BCUT2D eigenvalue weighted by molar-refractivity contribution is 0.0956. The number of fused-ring (bicyclic) bond motifs is 12. The highest BCUT2D eigenvalue weighted by atomic mass is 32.2. The van der Waals surface area contributed by atoms with Crippen LogP contribution in [0.25, 0.3) is 112 Å². The summed E-state index contributed by atoms with van der Waals surface area (Å²) in [6.45, 7) is 1.29. The van der Waals surface area contributed by atoms with Crippen molar-refractivity contribution >= 4 is 87.0 Å². The molecule has 0 radical (unpaired) electrons. The maximum Gasteiger partial charge on any atom is 0.263 e. The van der Waals surface area contributed by atoms with Gasteiger partial charge in [-0.3, -0.25) is 18.2 Å². The van der Waals surface area contributed by atoms with Crippen molar-refractivity contribution in [1.82, 2.24) is 29.7 Å². The summed E-state index contributed by atoms with van der Waals surface area (Å²) in [6.07, 6.45) is 0.777. The van der Waals surface area contributed by atoms with E-state index in [1.54, 1.807) is 48.5 Å². The Morgan fingerprint density at radius 2 is 1.00 bits per heavy atom. The molecule has 16 nitrogen and oxygen atoms in total. The molecule has 6 aromatic carbocycles. The van der Waals surface area contributed by atoms with Crippen LogP contribution in [0.5, 0.6) is 0 Å². The Kier molecular flexibility index (Phi) is 14.7. The monoisotopic (exact) mass is 1270 g/mol. The zero-order valence-corrected chi connectivity index (χ0v) is 50.9. The Bertz CT molecular complexity index is 5290. The molecule has 0 atom stereocenters. The first-order valence-corrected chi connectivity index (χ1v) is 32.1. The van der Waals surface area contributed by atoms with E-state index in [9.17, 15) is 52.8 Å². The predicted molar refractivity (Wildman–Crippen MR) is 337 cm³/mol. The molecule has 6 aromatic heterocycles. The molecule has 0 saturated carbocycles. The highest BCUT2D eigenvalue weighted by Gasteiger charge is 2.32. The zero-order chi connectivity index (χ0) is 64.3. The topological polar surface area (TPSA) is 195 Å². The van der Waals surface area contributed by atoms with Gasteiger partial charge in [0.1, 0.15) is 40.2 Å².